The molecule has 3 aliphatic rings. The molecule has 6 nitrogen and oxygen atoms in total. The van der Waals surface area contributed by atoms with Gasteiger partial charge < -0.3 is 4.74 Å². The van der Waals surface area contributed by atoms with Gasteiger partial charge in [-0.25, -0.2) is 4.90 Å². The molecule has 6 heteroatoms. The molecule has 1 aliphatic heterocycles. The van der Waals surface area contributed by atoms with Gasteiger partial charge in [0.2, 0.25) is 11.8 Å². The van der Waals surface area contributed by atoms with Gasteiger partial charge >= 0.3 is 0 Å². The lowest BCUT2D eigenvalue weighted by molar-refractivity contribution is -0.130. The van der Waals surface area contributed by atoms with Crippen LogP contribution in [0.4, 0.5) is 5.69 Å². The van der Waals surface area contributed by atoms with Crippen molar-refractivity contribution in [3.8, 4) is 11.8 Å². The fraction of sp³-hybridized carbons (Fsp3) is 0.200. The Balaban J connectivity index is 0.00000121. The molecular weight excluding hydrogens is 633 g/mol. The van der Waals surface area contributed by atoms with E-state index in [0.717, 1.165) is 56.6 Å². The molecule has 1 saturated carbocycles. The molecule has 6 aromatic rings. The number of nitriles is 1. The molecule has 0 aromatic heterocycles. The van der Waals surface area contributed by atoms with Crippen molar-refractivity contribution in [3.63, 3.8) is 0 Å². The molecule has 250 valence electrons. The predicted molar refractivity (Wildman–Crippen MR) is 199 cm³/mol. The molecule has 1 saturated heterocycles. The second-order valence-electron chi connectivity index (χ2n) is 13.4. The molecule has 0 unspecified atom stereocenters. The Morgan fingerprint density at radius 2 is 1.04 bits per heavy atom. The number of benzene rings is 6. The minimum atomic E-state index is -1.40. The third-order valence-corrected chi connectivity index (χ3v) is 11.0. The first-order valence-corrected chi connectivity index (χ1v) is 17.5. The van der Waals surface area contributed by atoms with E-state index >= 15 is 14.4 Å². The van der Waals surface area contributed by atoms with Crippen molar-refractivity contribution in [1.29, 1.82) is 5.26 Å². The average Bonchev–Trinajstić information content (AvgIpc) is 3.68. The zero-order valence-corrected chi connectivity index (χ0v) is 28.5. The Morgan fingerprint density at radius 3 is 1.51 bits per heavy atom. The zero-order chi connectivity index (χ0) is 35.3. The van der Waals surface area contributed by atoms with E-state index in [-0.39, 0.29) is 17.6 Å². The molecule has 9 rings (SSSR count). The number of nitrogens with zero attached hydrogens (tertiary/aromatic N) is 2. The molecule has 1 heterocycles. The predicted octanol–water partition coefficient (Wildman–Crippen LogP) is 8.68. The van der Waals surface area contributed by atoms with E-state index in [1.54, 1.807) is 12.1 Å². The van der Waals surface area contributed by atoms with Crippen LogP contribution in [0.25, 0.3) is 21.5 Å². The average molecular weight is 669 g/mol. The number of para-hydroxylation sites is 2. The third-order valence-electron chi connectivity index (χ3n) is 11.0. The van der Waals surface area contributed by atoms with Crippen LogP contribution in [-0.2, 0) is 25.2 Å². The normalized spacial score (nSPS) is 22.8. The van der Waals surface area contributed by atoms with Crippen LogP contribution >= 0.6 is 0 Å². The Kier molecular flexibility index (Phi) is 7.80. The maximum atomic E-state index is 16.0. The fourth-order valence-electron chi connectivity index (χ4n) is 9.27. The smallest absolute Gasteiger partial charge is 0.239 e. The number of rotatable bonds is 7. The van der Waals surface area contributed by atoms with Crippen LogP contribution in [0, 0.1) is 23.2 Å². The van der Waals surface area contributed by atoms with Crippen molar-refractivity contribution >= 4 is 44.8 Å². The quantitative estimate of drug-likeness (QED) is 0.0965. The van der Waals surface area contributed by atoms with Crippen LogP contribution in [0.15, 0.2) is 133 Å². The first-order valence-electron chi connectivity index (χ1n) is 17.5. The second kappa shape index (κ2) is 12.4. The molecule has 6 aromatic carbocycles. The highest BCUT2D eigenvalue weighted by Crippen LogP contribution is 2.72. The highest BCUT2D eigenvalue weighted by Gasteiger charge is 2.82. The fourth-order valence-corrected chi connectivity index (χ4v) is 9.27. The molecule has 0 N–H and O–H groups in total. The van der Waals surface area contributed by atoms with Crippen LogP contribution in [-0.4, -0.2) is 24.2 Å². The third kappa shape index (κ3) is 4.18. The number of unbranched alkanes of at least 4 members (excludes halogenated alkanes) is 1. The topological polar surface area (TPSA) is 87.5 Å². The number of imide groups is 1. The van der Waals surface area contributed by atoms with Gasteiger partial charge in [-0.2, -0.15) is 5.26 Å². The number of ketones is 1. The minimum Gasteiger partial charge on any atom is -0.491 e. The van der Waals surface area contributed by atoms with E-state index in [1.807, 2.05) is 103 Å². The first-order chi connectivity index (χ1) is 25.0. The number of ether oxygens (including phenoxy) is 1. The Bertz CT molecular complexity index is 2260. The summed E-state index contributed by atoms with van der Waals surface area (Å²) in [5, 5.41) is 11.2. The summed E-state index contributed by atoms with van der Waals surface area (Å²) in [7, 11) is 0. The summed E-state index contributed by atoms with van der Waals surface area (Å²) in [6.07, 6.45) is 1.80. The van der Waals surface area contributed by atoms with Crippen molar-refractivity contribution in [2.24, 2.45) is 11.8 Å². The van der Waals surface area contributed by atoms with Crippen LogP contribution in [0.1, 0.15) is 48.9 Å². The van der Waals surface area contributed by atoms with Gasteiger partial charge in [0.05, 0.1) is 41.0 Å². The Morgan fingerprint density at radius 1 is 0.627 bits per heavy atom. The van der Waals surface area contributed by atoms with Gasteiger partial charge in [-0.3, -0.25) is 14.4 Å². The van der Waals surface area contributed by atoms with Crippen LogP contribution in [0.5, 0.6) is 5.75 Å². The summed E-state index contributed by atoms with van der Waals surface area (Å²) in [5.41, 5.74) is 0.771. The van der Waals surface area contributed by atoms with E-state index in [2.05, 4.69) is 31.2 Å². The summed E-state index contributed by atoms with van der Waals surface area (Å²) in [6.45, 7) is 3.99. The number of amides is 2. The highest BCUT2D eigenvalue weighted by molar-refractivity contribution is 6.34. The number of fused-ring (bicyclic) bond motifs is 13. The molecule has 2 fully saturated rings. The summed E-state index contributed by atoms with van der Waals surface area (Å²) >= 11 is 0. The van der Waals surface area contributed by atoms with Gasteiger partial charge in [0.15, 0.2) is 5.78 Å². The lowest BCUT2D eigenvalue weighted by Gasteiger charge is -2.38. The minimum absolute atomic E-state index is 0.104. The van der Waals surface area contributed by atoms with Crippen molar-refractivity contribution in [2.75, 3.05) is 11.5 Å². The molecule has 51 heavy (non-hydrogen) atoms. The van der Waals surface area contributed by atoms with Gasteiger partial charge in [0.25, 0.3) is 0 Å². The molecule has 4 atom stereocenters. The van der Waals surface area contributed by atoms with Crippen molar-refractivity contribution in [1.82, 2.24) is 0 Å². The van der Waals surface area contributed by atoms with Crippen LogP contribution in [0.3, 0.4) is 0 Å². The van der Waals surface area contributed by atoms with E-state index in [9.17, 15) is 0 Å². The standard InChI is InChI=1S/C43H33NO4.C2H3N/c1-2-3-26-48-34-25-15-14-24-33(34)44-39(45)37-38(40(44)46)43(28-18-8-5-9-19-28)36-32-23-13-11-21-30(32)29-20-10-12-22-31(29)35(36)42(37,41(43)47)27-16-6-4-7-17-27;1-2-3/h4-25,37-38H,2-3,26H2,1H3;1H3/t37-,38+,42+,43-;. The Hall–Kier alpha value is -6.06. The SMILES string of the molecule is CC#N.CCCCOc1ccccc1N1C(=O)[C@@H]2[C@H](C1=O)[C@@]1(c3ccccc3)C(=O)[C@]2(c2ccccc2)c2c1c1ccccc1c1ccccc21. The van der Waals surface area contributed by atoms with Crippen LogP contribution < -0.4 is 9.64 Å². The number of Topliss-reactive ketones (excluding diaryl/α,β-unsaturated/α-hetero) is 1. The number of anilines is 1. The molecule has 2 aliphatic carbocycles. The lowest BCUT2D eigenvalue weighted by atomic mass is 9.59. The molecule has 0 spiro atoms. The van der Waals surface area contributed by atoms with Crippen molar-refractivity contribution in [2.45, 2.75) is 37.5 Å². The summed E-state index contributed by atoms with van der Waals surface area (Å²) in [4.78, 5) is 47.9. The van der Waals surface area contributed by atoms with E-state index in [4.69, 9.17) is 10.00 Å². The Labute approximate surface area is 296 Å². The van der Waals surface area contributed by atoms with Crippen molar-refractivity contribution in [3.05, 3.63) is 156 Å². The first kappa shape index (κ1) is 32.2. The number of hydrogen-bond acceptors (Lipinski definition) is 5. The summed E-state index contributed by atoms with van der Waals surface area (Å²) in [5.74, 6) is -2.26. The number of carbonyl (C=O) groups excluding carboxylic acids is 3. The molecule has 2 amide bonds. The maximum absolute atomic E-state index is 16.0. The van der Waals surface area contributed by atoms with Gasteiger partial charge in [0, 0.05) is 6.92 Å². The van der Waals surface area contributed by atoms with Gasteiger partial charge in [-0.05, 0) is 62.4 Å². The lowest BCUT2D eigenvalue weighted by Crippen LogP contribution is -2.45. The van der Waals surface area contributed by atoms with E-state index < -0.39 is 22.7 Å². The monoisotopic (exact) mass is 668 g/mol. The zero-order valence-electron chi connectivity index (χ0n) is 28.5. The summed E-state index contributed by atoms with van der Waals surface area (Å²) in [6, 6.07) is 44.8. The maximum Gasteiger partial charge on any atom is 0.239 e. The number of hydrogen-bond donors (Lipinski definition) is 0. The second-order valence-corrected chi connectivity index (χ2v) is 13.4. The van der Waals surface area contributed by atoms with E-state index in [1.165, 1.54) is 11.8 Å². The van der Waals surface area contributed by atoms with Gasteiger partial charge in [-0.15, -0.1) is 0 Å². The van der Waals surface area contributed by atoms with Crippen LogP contribution in [0.2, 0.25) is 0 Å². The number of carbonyl (C=O) groups is 3. The van der Waals surface area contributed by atoms with E-state index in [0.29, 0.717) is 18.0 Å². The van der Waals surface area contributed by atoms with Crippen molar-refractivity contribution < 1.29 is 19.1 Å². The molecule has 2 bridgehead atoms. The highest BCUT2D eigenvalue weighted by atomic mass is 16.5. The largest absolute Gasteiger partial charge is 0.491 e. The van der Waals surface area contributed by atoms with Gasteiger partial charge in [-0.1, -0.05) is 135 Å². The molecule has 0 radical (unpaired) electrons. The summed E-state index contributed by atoms with van der Waals surface area (Å²) < 4.78 is 6.18. The van der Waals surface area contributed by atoms with Gasteiger partial charge in [0.1, 0.15) is 5.75 Å². The molecular formula is C45H36N2O4.